The molecule has 1 saturated heterocycles. The number of rotatable bonds is 5. The minimum absolute atomic E-state index is 0. The molecule has 0 spiro atoms. The first-order valence-electron chi connectivity index (χ1n) is 9.20. The predicted octanol–water partition coefficient (Wildman–Crippen LogP) is 5.50. The van der Waals surface area contributed by atoms with Gasteiger partial charge in [-0.2, -0.15) is 0 Å². The first-order chi connectivity index (χ1) is 12.9. The second-order valence-electron chi connectivity index (χ2n) is 7.09. The van der Waals surface area contributed by atoms with Gasteiger partial charge in [-0.25, -0.2) is 0 Å². The van der Waals surface area contributed by atoms with E-state index in [2.05, 4.69) is 4.90 Å². The third kappa shape index (κ3) is 4.93. The van der Waals surface area contributed by atoms with Crippen LogP contribution in [0.2, 0.25) is 10.0 Å². The smallest absolute Gasteiger partial charge is 0.224 e. The number of nitrogens with two attached hydrogens (primary N) is 1. The fraction of sp³-hybridized carbons (Fsp3) is 0.381. The van der Waals surface area contributed by atoms with Gasteiger partial charge in [-0.3, -0.25) is 4.79 Å². The van der Waals surface area contributed by atoms with Crippen molar-refractivity contribution in [3.8, 4) is 0 Å². The molecule has 0 saturated carbocycles. The summed E-state index contributed by atoms with van der Waals surface area (Å²) in [6, 6.07) is 11.2. The van der Waals surface area contributed by atoms with E-state index in [0.717, 1.165) is 36.4 Å². The maximum atomic E-state index is 12.8. The van der Waals surface area contributed by atoms with Gasteiger partial charge >= 0.3 is 0 Å². The molecule has 28 heavy (non-hydrogen) atoms. The van der Waals surface area contributed by atoms with E-state index in [1.54, 1.807) is 13.0 Å². The number of anilines is 2. The summed E-state index contributed by atoms with van der Waals surface area (Å²) in [5, 5.41) is 0.967. The Hall–Kier alpha value is -1.46. The van der Waals surface area contributed by atoms with Gasteiger partial charge in [0.25, 0.3) is 0 Å². The van der Waals surface area contributed by atoms with Crippen LogP contribution in [-0.2, 0) is 4.79 Å². The molecule has 1 fully saturated rings. The second kappa shape index (κ2) is 9.84. The van der Waals surface area contributed by atoms with Crippen LogP contribution in [0.3, 0.4) is 0 Å². The fourth-order valence-corrected chi connectivity index (χ4v) is 4.14. The maximum absolute atomic E-state index is 12.8. The topological polar surface area (TPSA) is 49.6 Å². The Balaban J connectivity index is 0.00000280. The van der Waals surface area contributed by atoms with Crippen LogP contribution < -0.4 is 10.6 Å². The number of hydrogen-bond acceptors (Lipinski definition) is 3. The molecule has 0 aromatic heterocycles. The maximum Gasteiger partial charge on any atom is 0.224 e. The van der Waals surface area contributed by atoms with Gasteiger partial charge in [0.2, 0.25) is 5.91 Å². The number of carbonyl (C=O) groups is 1. The number of likely N-dealkylation sites (tertiary alicyclic amines) is 1. The van der Waals surface area contributed by atoms with Crippen LogP contribution in [0.5, 0.6) is 0 Å². The summed E-state index contributed by atoms with van der Waals surface area (Å²) in [5.74, 6) is -0.0388. The van der Waals surface area contributed by atoms with Crippen LogP contribution in [0.25, 0.3) is 0 Å². The second-order valence-corrected chi connectivity index (χ2v) is 7.87. The number of nitrogen functional groups attached to an aromatic ring is 1. The van der Waals surface area contributed by atoms with Gasteiger partial charge in [0.05, 0.1) is 16.1 Å². The molecule has 1 aliphatic rings. The van der Waals surface area contributed by atoms with Gasteiger partial charge in [0, 0.05) is 24.8 Å². The molecule has 2 N–H and O–H groups in total. The summed E-state index contributed by atoms with van der Waals surface area (Å²) in [6.45, 7) is 6.33. The molecule has 2 aromatic carbocycles. The van der Waals surface area contributed by atoms with E-state index >= 15 is 0 Å². The SMILES string of the molecule is CC(=O)N(c1ccc(Cl)c(Cl)c1C)C(CN1CCCC1)c1cccc(N)c1.Cl. The van der Waals surface area contributed by atoms with Crippen molar-refractivity contribution >= 4 is 52.9 Å². The number of nitrogens with zero attached hydrogens (tertiary/aromatic N) is 2. The number of amides is 1. The number of carbonyl (C=O) groups excluding carboxylic acids is 1. The molecule has 1 unspecified atom stereocenters. The van der Waals surface area contributed by atoms with Crippen LogP contribution in [0.1, 0.15) is 36.9 Å². The van der Waals surface area contributed by atoms with Crippen molar-refractivity contribution in [3.63, 3.8) is 0 Å². The van der Waals surface area contributed by atoms with Gasteiger partial charge in [0.1, 0.15) is 0 Å². The van der Waals surface area contributed by atoms with Gasteiger partial charge in [-0.05, 0) is 68.2 Å². The van der Waals surface area contributed by atoms with E-state index in [-0.39, 0.29) is 24.4 Å². The van der Waals surface area contributed by atoms with E-state index in [0.29, 0.717) is 15.7 Å². The summed E-state index contributed by atoms with van der Waals surface area (Å²) >= 11 is 12.5. The molecule has 0 radical (unpaired) electrons. The van der Waals surface area contributed by atoms with E-state index < -0.39 is 0 Å². The molecule has 4 nitrogen and oxygen atoms in total. The van der Waals surface area contributed by atoms with Gasteiger partial charge in [-0.15, -0.1) is 12.4 Å². The largest absolute Gasteiger partial charge is 0.399 e. The molecule has 3 rings (SSSR count). The summed E-state index contributed by atoms with van der Waals surface area (Å²) in [5.41, 5.74) is 9.32. The number of halogens is 3. The molecule has 1 aliphatic heterocycles. The summed E-state index contributed by atoms with van der Waals surface area (Å²) in [7, 11) is 0. The lowest BCUT2D eigenvalue weighted by atomic mass is 10.0. The molecular weight excluding hydrogens is 417 g/mol. The van der Waals surface area contributed by atoms with Crippen LogP contribution in [-0.4, -0.2) is 30.4 Å². The van der Waals surface area contributed by atoms with Crippen LogP contribution in [0.15, 0.2) is 36.4 Å². The van der Waals surface area contributed by atoms with Crippen LogP contribution in [0.4, 0.5) is 11.4 Å². The zero-order valence-corrected chi connectivity index (χ0v) is 18.4. The first kappa shape index (κ1) is 22.8. The van der Waals surface area contributed by atoms with Crippen LogP contribution >= 0.6 is 35.6 Å². The molecule has 152 valence electrons. The van der Waals surface area contributed by atoms with Crippen molar-refractivity contribution in [2.75, 3.05) is 30.3 Å². The molecule has 1 amide bonds. The quantitative estimate of drug-likeness (QED) is 0.622. The molecule has 7 heteroatoms. The molecule has 1 heterocycles. The lowest BCUT2D eigenvalue weighted by Gasteiger charge is -2.35. The molecule has 0 aliphatic carbocycles. The Kier molecular flexibility index (Phi) is 8.02. The van der Waals surface area contributed by atoms with E-state index in [1.807, 2.05) is 42.2 Å². The first-order valence-corrected chi connectivity index (χ1v) is 9.96. The highest BCUT2D eigenvalue weighted by atomic mass is 35.5. The van der Waals surface area contributed by atoms with E-state index in [4.69, 9.17) is 28.9 Å². The minimum Gasteiger partial charge on any atom is -0.399 e. The Labute approximate surface area is 183 Å². The molecule has 2 aromatic rings. The minimum atomic E-state index is -0.153. The predicted molar refractivity (Wildman–Crippen MR) is 121 cm³/mol. The van der Waals surface area contributed by atoms with Gasteiger partial charge < -0.3 is 15.5 Å². The normalized spacial score (nSPS) is 15.1. The Morgan fingerprint density at radius 2 is 1.89 bits per heavy atom. The van der Waals surface area contributed by atoms with E-state index in [9.17, 15) is 4.79 Å². The van der Waals surface area contributed by atoms with Crippen molar-refractivity contribution < 1.29 is 4.79 Å². The van der Waals surface area contributed by atoms with Crippen molar-refractivity contribution in [1.82, 2.24) is 4.90 Å². The highest BCUT2D eigenvalue weighted by molar-refractivity contribution is 6.42. The van der Waals surface area contributed by atoms with Crippen molar-refractivity contribution in [1.29, 1.82) is 0 Å². The van der Waals surface area contributed by atoms with Crippen LogP contribution in [0, 0.1) is 6.92 Å². The third-order valence-electron chi connectivity index (χ3n) is 5.15. The van der Waals surface area contributed by atoms with E-state index in [1.165, 1.54) is 12.8 Å². The molecule has 0 bridgehead atoms. The fourth-order valence-electron chi connectivity index (χ4n) is 3.77. The number of benzene rings is 2. The Bertz CT molecular complexity index is 838. The number of hydrogen-bond donors (Lipinski definition) is 1. The summed E-state index contributed by atoms with van der Waals surface area (Å²) in [4.78, 5) is 17.0. The monoisotopic (exact) mass is 441 g/mol. The zero-order chi connectivity index (χ0) is 19.6. The lowest BCUT2D eigenvalue weighted by molar-refractivity contribution is -0.117. The summed E-state index contributed by atoms with van der Waals surface area (Å²) in [6.07, 6.45) is 2.38. The average molecular weight is 443 g/mol. The van der Waals surface area contributed by atoms with Crippen molar-refractivity contribution in [2.24, 2.45) is 0 Å². The molecule has 1 atom stereocenters. The lowest BCUT2D eigenvalue weighted by Crippen LogP contribution is -2.40. The van der Waals surface area contributed by atoms with Crippen molar-refractivity contribution in [2.45, 2.75) is 32.7 Å². The standard InChI is InChI=1S/C21H25Cl2N3O.ClH/c1-14-19(9-8-18(22)21(14)23)26(15(2)27)20(13-25-10-3-4-11-25)16-6-5-7-17(24)12-16;/h5-9,12,20H,3-4,10-11,13,24H2,1-2H3;1H. The highest BCUT2D eigenvalue weighted by Gasteiger charge is 2.29. The van der Waals surface area contributed by atoms with Gasteiger partial charge in [-0.1, -0.05) is 35.3 Å². The molecular formula is C21H26Cl3N3O. The van der Waals surface area contributed by atoms with Crippen molar-refractivity contribution in [3.05, 3.63) is 57.6 Å². The van der Waals surface area contributed by atoms with Gasteiger partial charge in [0.15, 0.2) is 0 Å². The summed E-state index contributed by atoms with van der Waals surface area (Å²) < 4.78 is 0. The highest BCUT2D eigenvalue weighted by Crippen LogP contribution is 2.37. The average Bonchev–Trinajstić information content (AvgIpc) is 3.14. The Morgan fingerprint density at radius 3 is 2.50 bits per heavy atom. The third-order valence-corrected chi connectivity index (χ3v) is 6.05. The zero-order valence-electron chi connectivity index (χ0n) is 16.1. The Morgan fingerprint density at radius 1 is 1.21 bits per heavy atom.